The highest BCUT2D eigenvalue weighted by Gasteiger charge is 2.06. The predicted molar refractivity (Wildman–Crippen MR) is 66.6 cm³/mol. The van der Waals surface area contributed by atoms with E-state index in [0.717, 1.165) is 5.03 Å². The number of rotatable bonds is 6. The quantitative estimate of drug-likeness (QED) is 0.609. The van der Waals surface area contributed by atoms with E-state index < -0.39 is 9.84 Å². The molecule has 0 atom stereocenters. The number of anilines is 1. The summed E-state index contributed by atoms with van der Waals surface area (Å²) in [6.07, 6.45) is 3.39. The van der Waals surface area contributed by atoms with Crippen molar-refractivity contribution in [1.29, 1.82) is 0 Å². The van der Waals surface area contributed by atoms with E-state index in [1.54, 1.807) is 13.0 Å². The van der Waals surface area contributed by atoms with Crippen LogP contribution in [0.1, 0.15) is 6.92 Å². The van der Waals surface area contributed by atoms with Crippen molar-refractivity contribution in [1.82, 2.24) is 9.97 Å². The zero-order valence-corrected chi connectivity index (χ0v) is 10.9. The molecule has 5 nitrogen and oxygen atoms in total. The number of sulfone groups is 1. The topological polar surface area (TPSA) is 72.0 Å². The normalized spacial score (nSPS) is 11.4. The third kappa shape index (κ3) is 4.36. The van der Waals surface area contributed by atoms with Gasteiger partial charge < -0.3 is 5.32 Å². The highest BCUT2D eigenvalue weighted by Crippen LogP contribution is 2.13. The smallest absolute Gasteiger partial charge is 0.151 e. The summed E-state index contributed by atoms with van der Waals surface area (Å²) in [5.74, 6) is 0.960. The van der Waals surface area contributed by atoms with Crippen molar-refractivity contribution in [3.05, 3.63) is 12.4 Å². The number of aromatic nitrogens is 2. The average molecular weight is 261 g/mol. The Morgan fingerprint density at radius 2 is 2.19 bits per heavy atom. The lowest BCUT2D eigenvalue weighted by Crippen LogP contribution is -2.17. The van der Waals surface area contributed by atoms with Crippen LogP contribution in [0.2, 0.25) is 0 Å². The third-order valence-electron chi connectivity index (χ3n) is 2.01. The van der Waals surface area contributed by atoms with E-state index in [1.807, 2.05) is 6.26 Å². The van der Waals surface area contributed by atoms with E-state index in [2.05, 4.69) is 15.3 Å². The van der Waals surface area contributed by atoms with Gasteiger partial charge in [-0.3, -0.25) is 0 Å². The summed E-state index contributed by atoms with van der Waals surface area (Å²) in [6.45, 7) is 2.02. The molecule has 90 valence electrons. The van der Waals surface area contributed by atoms with Crippen molar-refractivity contribution in [3.63, 3.8) is 0 Å². The molecule has 0 spiro atoms. The first-order valence-electron chi connectivity index (χ1n) is 4.87. The molecule has 1 N–H and O–H groups in total. The summed E-state index contributed by atoms with van der Waals surface area (Å²) in [5.41, 5.74) is 0. The second-order valence-corrected chi connectivity index (χ2v) is 6.41. The molecule has 0 fully saturated rings. The van der Waals surface area contributed by atoms with Crippen LogP contribution in [0.4, 0.5) is 5.82 Å². The lowest BCUT2D eigenvalue weighted by molar-refractivity contribution is 0.597. The monoisotopic (exact) mass is 261 g/mol. The van der Waals surface area contributed by atoms with Crippen molar-refractivity contribution < 1.29 is 8.42 Å². The molecule has 0 aliphatic heterocycles. The van der Waals surface area contributed by atoms with E-state index in [1.165, 1.54) is 18.1 Å². The van der Waals surface area contributed by atoms with E-state index in [-0.39, 0.29) is 11.5 Å². The number of hydrogen-bond acceptors (Lipinski definition) is 6. The molecule has 0 saturated carbocycles. The zero-order chi connectivity index (χ0) is 12.0. The fourth-order valence-corrected chi connectivity index (χ4v) is 2.11. The average Bonchev–Trinajstić information content (AvgIpc) is 2.29. The Morgan fingerprint density at radius 3 is 2.81 bits per heavy atom. The maximum absolute atomic E-state index is 11.2. The molecule has 1 rings (SSSR count). The second-order valence-electron chi connectivity index (χ2n) is 3.11. The van der Waals surface area contributed by atoms with E-state index >= 15 is 0 Å². The van der Waals surface area contributed by atoms with Crippen molar-refractivity contribution in [2.45, 2.75) is 11.9 Å². The van der Waals surface area contributed by atoms with E-state index in [0.29, 0.717) is 12.4 Å². The minimum atomic E-state index is -2.92. The SMILES string of the molecule is CCS(=O)(=O)CCNc1cc(SC)ncn1. The van der Waals surface area contributed by atoms with Crippen molar-refractivity contribution in [2.75, 3.05) is 29.6 Å². The van der Waals surface area contributed by atoms with Crippen LogP contribution < -0.4 is 5.32 Å². The van der Waals surface area contributed by atoms with Gasteiger partial charge in [0.05, 0.1) is 5.75 Å². The number of nitrogens with zero attached hydrogens (tertiary/aromatic N) is 2. The lowest BCUT2D eigenvalue weighted by Gasteiger charge is -2.05. The Labute approximate surface area is 100.0 Å². The number of nitrogens with one attached hydrogen (secondary N) is 1. The van der Waals surface area contributed by atoms with Gasteiger partial charge in [0, 0.05) is 18.4 Å². The minimum Gasteiger partial charge on any atom is -0.369 e. The molecule has 0 aromatic carbocycles. The van der Waals surface area contributed by atoms with Crippen LogP contribution in [0.25, 0.3) is 0 Å². The number of hydrogen-bond donors (Lipinski definition) is 1. The van der Waals surface area contributed by atoms with Crippen LogP contribution in [0.15, 0.2) is 17.4 Å². The molecule has 1 aromatic heterocycles. The first-order chi connectivity index (χ1) is 7.57. The molecule has 0 saturated heterocycles. The first-order valence-corrected chi connectivity index (χ1v) is 7.92. The molecule has 16 heavy (non-hydrogen) atoms. The summed E-state index contributed by atoms with van der Waals surface area (Å²) >= 11 is 1.52. The largest absolute Gasteiger partial charge is 0.369 e. The Kier molecular flexibility index (Phi) is 5.01. The fraction of sp³-hybridized carbons (Fsp3) is 0.556. The number of thioether (sulfide) groups is 1. The predicted octanol–water partition coefficient (Wildman–Crippen LogP) is 1.05. The molecule has 1 aromatic rings. The lowest BCUT2D eigenvalue weighted by atomic mass is 10.5. The minimum absolute atomic E-state index is 0.127. The van der Waals surface area contributed by atoms with Crippen LogP contribution >= 0.6 is 11.8 Å². The molecule has 0 aliphatic carbocycles. The van der Waals surface area contributed by atoms with Gasteiger partial charge >= 0.3 is 0 Å². The summed E-state index contributed by atoms with van der Waals surface area (Å²) < 4.78 is 22.5. The van der Waals surface area contributed by atoms with Crippen molar-refractivity contribution >= 4 is 27.4 Å². The first kappa shape index (κ1) is 13.2. The summed E-state index contributed by atoms with van der Waals surface area (Å²) in [4.78, 5) is 8.03. The van der Waals surface area contributed by atoms with Crippen LogP contribution in [0.3, 0.4) is 0 Å². The fourth-order valence-electron chi connectivity index (χ4n) is 1.03. The highest BCUT2D eigenvalue weighted by atomic mass is 32.2. The van der Waals surface area contributed by atoms with Gasteiger partial charge in [-0.25, -0.2) is 18.4 Å². The van der Waals surface area contributed by atoms with Crippen molar-refractivity contribution in [2.24, 2.45) is 0 Å². The van der Waals surface area contributed by atoms with Crippen LogP contribution in [0, 0.1) is 0 Å². The van der Waals surface area contributed by atoms with Gasteiger partial charge in [0.2, 0.25) is 0 Å². The maximum Gasteiger partial charge on any atom is 0.151 e. The molecule has 0 aliphatic rings. The van der Waals surface area contributed by atoms with Crippen LogP contribution in [-0.2, 0) is 9.84 Å². The molecule has 0 unspecified atom stereocenters. The molecule has 0 amide bonds. The van der Waals surface area contributed by atoms with Gasteiger partial charge in [-0.05, 0) is 6.26 Å². The van der Waals surface area contributed by atoms with E-state index in [4.69, 9.17) is 0 Å². The van der Waals surface area contributed by atoms with Crippen LogP contribution in [-0.4, -0.2) is 42.7 Å². The van der Waals surface area contributed by atoms with E-state index in [9.17, 15) is 8.42 Å². The Morgan fingerprint density at radius 1 is 1.44 bits per heavy atom. The van der Waals surface area contributed by atoms with Gasteiger partial charge in [0.1, 0.15) is 17.2 Å². The molecule has 0 bridgehead atoms. The van der Waals surface area contributed by atoms with Crippen molar-refractivity contribution in [3.8, 4) is 0 Å². The summed E-state index contributed by atoms with van der Waals surface area (Å²) in [7, 11) is -2.92. The Hall–Kier alpha value is -0.820. The van der Waals surface area contributed by atoms with Gasteiger partial charge in [-0.1, -0.05) is 6.92 Å². The van der Waals surface area contributed by atoms with Gasteiger partial charge in [-0.2, -0.15) is 0 Å². The highest BCUT2D eigenvalue weighted by molar-refractivity contribution is 7.98. The zero-order valence-electron chi connectivity index (χ0n) is 9.30. The molecule has 1 heterocycles. The summed E-state index contributed by atoms with van der Waals surface area (Å²) in [5, 5.41) is 3.82. The Bertz CT molecular complexity index is 434. The molecule has 7 heteroatoms. The Balaban J connectivity index is 2.49. The molecule has 0 radical (unpaired) electrons. The molecular weight excluding hydrogens is 246 g/mol. The second kappa shape index (κ2) is 6.05. The van der Waals surface area contributed by atoms with Gasteiger partial charge in [-0.15, -0.1) is 11.8 Å². The third-order valence-corrected chi connectivity index (χ3v) is 4.36. The van der Waals surface area contributed by atoms with Crippen LogP contribution in [0.5, 0.6) is 0 Å². The summed E-state index contributed by atoms with van der Waals surface area (Å²) in [6, 6.07) is 1.79. The molecular formula is C9H15N3O2S2. The van der Waals surface area contributed by atoms with Gasteiger partial charge in [0.25, 0.3) is 0 Å². The van der Waals surface area contributed by atoms with Gasteiger partial charge in [0.15, 0.2) is 9.84 Å². The standard InChI is InChI=1S/C9H15N3O2S2/c1-3-16(13,14)5-4-10-8-6-9(15-2)12-7-11-8/h6-7H,3-5H2,1-2H3,(H,10,11,12). The maximum atomic E-state index is 11.2.